The molecular weight excluding hydrogens is 178 g/mol. The molecule has 3 heteroatoms. The highest BCUT2D eigenvalue weighted by Crippen LogP contribution is 2.29. The van der Waals surface area contributed by atoms with Gasteiger partial charge in [-0.15, -0.1) is 0 Å². The van der Waals surface area contributed by atoms with Crippen LogP contribution in [0.25, 0.3) is 21.9 Å². The minimum Gasteiger partial charge on any atom is -0.460 e. The zero-order valence-electron chi connectivity index (χ0n) is 7.49. The van der Waals surface area contributed by atoms with Crippen molar-refractivity contribution in [2.45, 2.75) is 6.54 Å². The van der Waals surface area contributed by atoms with Crippen LogP contribution in [0.3, 0.4) is 0 Å². The van der Waals surface area contributed by atoms with Crippen LogP contribution in [0.15, 0.2) is 39.6 Å². The fourth-order valence-corrected chi connectivity index (χ4v) is 1.79. The Morgan fingerprint density at radius 1 is 1.07 bits per heavy atom. The zero-order valence-corrected chi connectivity index (χ0v) is 7.49. The predicted molar refractivity (Wildman–Crippen MR) is 53.9 cm³/mol. The standard InChI is InChI=1S/C11H9NO2/c12-6-8-5-7-1-3-13-10(7)11-9(8)2-4-14-11/h1-5H,6,12H2. The number of hydrogen-bond donors (Lipinski definition) is 1. The van der Waals surface area contributed by atoms with Crippen molar-refractivity contribution in [1.82, 2.24) is 0 Å². The molecule has 14 heavy (non-hydrogen) atoms. The Labute approximate surface area is 80.1 Å². The second-order valence-electron chi connectivity index (χ2n) is 3.24. The van der Waals surface area contributed by atoms with Crippen LogP contribution in [0.1, 0.15) is 5.56 Å². The van der Waals surface area contributed by atoms with Gasteiger partial charge < -0.3 is 14.6 Å². The molecule has 2 N–H and O–H groups in total. The number of benzene rings is 1. The lowest BCUT2D eigenvalue weighted by molar-refractivity contribution is 0.582. The lowest BCUT2D eigenvalue weighted by Crippen LogP contribution is -1.96. The molecule has 0 spiro atoms. The Balaban J connectivity index is 2.59. The number of fused-ring (bicyclic) bond motifs is 3. The smallest absolute Gasteiger partial charge is 0.177 e. The Morgan fingerprint density at radius 3 is 2.71 bits per heavy atom. The lowest BCUT2D eigenvalue weighted by atomic mass is 10.1. The van der Waals surface area contributed by atoms with Gasteiger partial charge in [-0.25, -0.2) is 0 Å². The summed E-state index contributed by atoms with van der Waals surface area (Å²) in [5, 5.41) is 2.07. The van der Waals surface area contributed by atoms with Gasteiger partial charge in [0, 0.05) is 17.3 Å². The Hall–Kier alpha value is -1.74. The molecule has 3 nitrogen and oxygen atoms in total. The zero-order chi connectivity index (χ0) is 9.54. The molecule has 0 saturated heterocycles. The van der Waals surface area contributed by atoms with Crippen molar-refractivity contribution >= 4 is 21.9 Å². The highest BCUT2D eigenvalue weighted by Gasteiger charge is 2.10. The van der Waals surface area contributed by atoms with E-state index in [0.717, 1.165) is 27.5 Å². The largest absolute Gasteiger partial charge is 0.460 e. The van der Waals surface area contributed by atoms with Crippen LogP contribution in [-0.2, 0) is 6.54 Å². The number of hydrogen-bond acceptors (Lipinski definition) is 3. The van der Waals surface area contributed by atoms with E-state index in [1.807, 2.05) is 18.2 Å². The predicted octanol–water partition coefficient (Wildman–Crippen LogP) is 2.64. The second-order valence-corrected chi connectivity index (χ2v) is 3.24. The van der Waals surface area contributed by atoms with Gasteiger partial charge in [-0.2, -0.15) is 0 Å². The third-order valence-corrected chi connectivity index (χ3v) is 2.46. The average Bonchev–Trinajstić information content (AvgIpc) is 2.83. The van der Waals surface area contributed by atoms with Crippen molar-refractivity contribution in [3.8, 4) is 0 Å². The number of rotatable bonds is 1. The van der Waals surface area contributed by atoms with Gasteiger partial charge in [0.25, 0.3) is 0 Å². The first-order valence-corrected chi connectivity index (χ1v) is 4.46. The normalized spacial score (nSPS) is 11.5. The van der Waals surface area contributed by atoms with Gasteiger partial charge in [0.15, 0.2) is 11.2 Å². The quantitative estimate of drug-likeness (QED) is 0.637. The first kappa shape index (κ1) is 7.64. The summed E-state index contributed by atoms with van der Waals surface area (Å²) >= 11 is 0. The minimum absolute atomic E-state index is 0.511. The van der Waals surface area contributed by atoms with Gasteiger partial charge in [0.1, 0.15) is 0 Å². The first-order valence-electron chi connectivity index (χ1n) is 4.46. The van der Waals surface area contributed by atoms with Gasteiger partial charge >= 0.3 is 0 Å². The molecule has 1 aromatic carbocycles. The van der Waals surface area contributed by atoms with Gasteiger partial charge in [-0.1, -0.05) is 0 Å². The lowest BCUT2D eigenvalue weighted by Gasteiger charge is -1.98. The van der Waals surface area contributed by atoms with E-state index in [1.165, 1.54) is 0 Å². The molecular formula is C11H9NO2. The molecule has 0 bridgehead atoms. The van der Waals surface area contributed by atoms with Crippen molar-refractivity contribution in [2.75, 3.05) is 0 Å². The van der Waals surface area contributed by atoms with Crippen LogP contribution >= 0.6 is 0 Å². The topological polar surface area (TPSA) is 52.3 Å². The molecule has 0 aliphatic carbocycles. The molecule has 2 aromatic heterocycles. The Bertz CT molecular complexity index is 591. The van der Waals surface area contributed by atoms with E-state index in [4.69, 9.17) is 14.6 Å². The maximum Gasteiger partial charge on any atom is 0.177 e. The monoisotopic (exact) mass is 187 g/mol. The average molecular weight is 187 g/mol. The Kier molecular flexibility index (Phi) is 1.43. The van der Waals surface area contributed by atoms with E-state index in [2.05, 4.69) is 0 Å². The number of nitrogens with two attached hydrogens (primary N) is 1. The molecule has 3 aromatic rings. The highest BCUT2D eigenvalue weighted by atomic mass is 16.4. The van der Waals surface area contributed by atoms with E-state index in [1.54, 1.807) is 12.5 Å². The summed E-state index contributed by atoms with van der Waals surface area (Å²) in [5.41, 5.74) is 8.33. The van der Waals surface area contributed by atoms with E-state index < -0.39 is 0 Å². The van der Waals surface area contributed by atoms with Crippen LogP contribution in [0, 0.1) is 0 Å². The molecule has 0 aliphatic heterocycles. The molecule has 70 valence electrons. The fourth-order valence-electron chi connectivity index (χ4n) is 1.79. The van der Waals surface area contributed by atoms with Crippen molar-refractivity contribution in [2.24, 2.45) is 5.73 Å². The summed E-state index contributed by atoms with van der Waals surface area (Å²) in [6.07, 6.45) is 3.32. The third kappa shape index (κ3) is 0.845. The summed E-state index contributed by atoms with van der Waals surface area (Å²) < 4.78 is 10.7. The SMILES string of the molecule is NCc1cc2ccoc2c2occc12. The van der Waals surface area contributed by atoms with Crippen LogP contribution < -0.4 is 5.73 Å². The molecule has 3 rings (SSSR count). The van der Waals surface area contributed by atoms with Crippen molar-refractivity contribution in [3.63, 3.8) is 0 Å². The number of furan rings is 2. The molecule has 0 unspecified atom stereocenters. The molecule has 0 fully saturated rings. The van der Waals surface area contributed by atoms with Crippen molar-refractivity contribution in [1.29, 1.82) is 0 Å². The second kappa shape index (κ2) is 2.62. The molecule has 0 saturated carbocycles. The summed E-state index contributed by atoms with van der Waals surface area (Å²) in [5.74, 6) is 0. The van der Waals surface area contributed by atoms with Gasteiger partial charge in [-0.05, 0) is 23.8 Å². The Morgan fingerprint density at radius 2 is 1.86 bits per heavy atom. The van der Waals surface area contributed by atoms with E-state index >= 15 is 0 Å². The fraction of sp³-hybridized carbons (Fsp3) is 0.0909. The van der Waals surface area contributed by atoms with Gasteiger partial charge in [0.05, 0.1) is 12.5 Å². The first-order chi connectivity index (χ1) is 6.90. The summed E-state index contributed by atoms with van der Waals surface area (Å²) in [6, 6.07) is 5.87. The molecule has 0 atom stereocenters. The highest BCUT2D eigenvalue weighted by molar-refractivity contribution is 6.02. The van der Waals surface area contributed by atoms with E-state index in [-0.39, 0.29) is 0 Å². The van der Waals surface area contributed by atoms with Crippen LogP contribution in [0.2, 0.25) is 0 Å². The van der Waals surface area contributed by atoms with E-state index in [0.29, 0.717) is 6.54 Å². The van der Waals surface area contributed by atoms with E-state index in [9.17, 15) is 0 Å². The molecule has 0 aliphatic rings. The maximum absolute atomic E-state index is 5.66. The summed E-state index contributed by atoms with van der Waals surface area (Å²) in [6.45, 7) is 0.511. The van der Waals surface area contributed by atoms with Gasteiger partial charge in [-0.3, -0.25) is 0 Å². The molecule has 2 heterocycles. The minimum atomic E-state index is 0.511. The summed E-state index contributed by atoms with van der Waals surface area (Å²) in [7, 11) is 0. The van der Waals surface area contributed by atoms with Gasteiger partial charge in [0.2, 0.25) is 0 Å². The molecule has 0 amide bonds. The van der Waals surface area contributed by atoms with Crippen LogP contribution in [0.5, 0.6) is 0 Å². The van der Waals surface area contributed by atoms with Crippen LogP contribution in [-0.4, -0.2) is 0 Å². The molecule has 0 radical (unpaired) electrons. The maximum atomic E-state index is 5.66. The van der Waals surface area contributed by atoms with Crippen molar-refractivity contribution < 1.29 is 8.83 Å². The van der Waals surface area contributed by atoms with Crippen molar-refractivity contribution in [3.05, 3.63) is 36.3 Å². The third-order valence-electron chi connectivity index (χ3n) is 2.46. The van der Waals surface area contributed by atoms with Crippen LogP contribution in [0.4, 0.5) is 0 Å². The summed E-state index contributed by atoms with van der Waals surface area (Å²) in [4.78, 5) is 0.